The third kappa shape index (κ3) is 3.48. The minimum absolute atomic E-state index is 0.0135. The number of hydrogen-bond acceptors (Lipinski definition) is 3. The average Bonchev–Trinajstić information content (AvgIpc) is 3.02. The van der Waals surface area contributed by atoms with Crippen LogP contribution in [0.5, 0.6) is 0 Å². The molecule has 4 nitrogen and oxygen atoms in total. The van der Waals surface area contributed by atoms with Gasteiger partial charge in [-0.1, -0.05) is 60.7 Å². The Balaban J connectivity index is 1.79. The van der Waals surface area contributed by atoms with E-state index in [2.05, 4.69) is 0 Å². The van der Waals surface area contributed by atoms with Crippen LogP contribution in [0.4, 0.5) is 14.5 Å². The van der Waals surface area contributed by atoms with Crippen molar-refractivity contribution in [3.05, 3.63) is 107 Å². The molecule has 6 heteroatoms. The first kappa shape index (κ1) is 19.5. The summed E-state index contributed by atoms with van der Waals surface area (Å²) in [6.45, 7) is 0.400. The molecule has 3 aromatic carbocycles. The van der Waals surface area contributed by atoms with E-state index in [1.54, 1.807) is 36.2 Å². The highest BCUT2D eigenvalue weighted by Crippen LogP contribution is 2.35. The van der Waals surface area contributed by atoms with Crippen LogP contribution in [0.2, 0.25) is 0 Å². The minimum Gasteiger partial charge on any atom is -0.365 e. The van der Waals surface area contributed by atoms with Crippen molar-refractivity contribution >= 4 is 23.1 Å². The summed E-state index contributed by atoms with van der Waals surface area (Å²) in [5, 5.41) is 0. The van der Waals surface area contributed by atoms with Crippen molar-refractivity contribution in [1.29, 1.82) is 0 Å². The number of hydrogen-bond donors (Lipinski definition) is 0. The highest BCUT2D eigenvalue weighted by Gasteiger charge is 2.41. The Labute approximate surface area is 172 Å². The summed E-state index contributed by atoms with van der Waals surface area (Å²) >= 11 is 0. The summed E-state index contributed by atoms with van der Waals surface area (Å²) in [6, 6.07) is 21.3. The molecule has 0 atom stereocenters. The highest BCUT2D eigenvalue weighted by atomic mass is 19.2. The lowest BCUT2D eigenvalue weighted by molar-refractivity contribution is -0.120. The number of carbonyl (C=O) groups is 2. The normalized spacial score (nSPS) is 13.9. The molecule has 0 N–H and O–H groups in total. The van der Waals surface area contributed by atoms with Gasteiger partial charge in [0.25, 0.3) is 11.8 Å². The SMILES string of the molecule is CN(Cc1ccccc1)C1=C(c2ccccc2)C(=O)N(c2ccc(F)c(F)c2)C1=O. The molecule has 1 aliphatic rings. The first-order valence-electron chi connectivity index (χ1n) is 9.36. The average molecular weight is 404 g/mol. The van der Waals surface area contributed by atoms with Gasteiger partial charge < -0.3 is 4.90 Å². The van der Waals surface area contributed by atoms with E-state index in [1.807, 2.05) is 36.4 Å². The third-order valence-electron chi connectivity index (χ3n) is 4.93. The smallest absolute Gasteiger partial charge is 0.282 e. The molecule has 0 aromatic heterocycles. The van der Waals surface area contributed by atoms with Gasteiger partial charge in [0, 0.05) is 19.7 Å². The first-order chi connectivity index (χ1) is 14.5. The minimum atomic E-state index is -1.12. The standard InChI is InChI=1S/C24H18F2N2O2/c1-27(15-16-8-4-2-5-9-16)22-21(17-10-6-3-7-11-17)23(29)28(24(22)30)18-12-13-19(25)20(26)14-18/h2-14H,15H2,1H3. The molecule has 0 aliphatic carbocycles. The van der Waals surface area contributed by atoms with Gasteiger partial charge in [0.15, 0.2) is 11.6 Å². The van der Waals surface area contributed by atoms with E-state index in [-0.39, 0.29) is 17.0 Å². The van der Waals surface area contributed by atoms with Crippen molar-refractivity contribution in [2.45, 2.75) is 6.54 Å². The number of carbonyl (C=O) groups excluding carboxylic acids is 2. The van der Waals surface area contributed by atoms with Crippen molar-refractivity contribution in [2.24, 2.45) is 0 Å². The quantitative estimate of drug-likeness (QED) is 0.593. The number of amides is 2. The lowest BCUT2D eigenvalue weighted by Crippen LogP contribution is -2.34. The summed E-state index contributed by atoms with van der Waals surface area (Å²) < 4.78 is 27.2. The topological polar surface area (TPSA) is 40.6 Å². The third-order valence-corrected chi connectivity index (χ3v) is 4.93. The van der Waals surface area contributed by atoms with Gasteiger partial charge in [0.2, 0.25) is 0 Å². The van der Waals surface area contributed by atoms with Crippen molar-refractivity contribution in [2.75, 3.05) is 11.9 Å². The van der Waals surface area contributed by atoms with Gasteiger partial charge in [-0.15, -0.1) is 0 Å². The van der Waals surface area contributed by atoms with Crippen molar-refractivity contribution < 1.29 is 18.4 Å². The number of nitrogens with zero attached hydrogens (tertiary/aromatic N) is 2. The molecule has 30 heavy (non-hydrogen) atoms. The summed E-state index contributed by atoms with van der Waals surface area (Å²) in [5.41, 5.74) is 1.96. The molecule has 2 amide bonds. The first-order valence-corrected chi connectivity index (χ1v) is 9.36. The van der Waals surface area contributed by atoms with Crippen LogP contribution in [0.15, 0.2) is 84.6 Å². The summed E-state index contributed by atoms with van der Waals surface area (Å²) in [7, 11) is 1.73. The fourth-order valence-electron chi connectivity index (χ4n) is 3.53. The van der Waals surface area contributed by atoms with Crippen LogP contribution in [-0.4, -0.2) is 23.8 Å². The van der Waals surface area contributed by atoms with Crippen LogP contribution in [0.25, 0.3) is 5.57 Å². The van der Waals surface area contributed by atoms with Crippen molar-refractivity contribution in [3.63, 3.8) is 0 Å². The number of imide groups is 1. The lowest BCUT2D eigenvalue weighted by atomic mass is 10.0. The zero-order valence-electron chi connectivity index (χ0n) is 16.2. The molecule has 0 fully saturated rings. The van der Waals surface area contributed by atoms with Gasteiger partial charge in [-0.2, -0.15) is 0 Å². The van der Waals surface area contributed by atoms with Crippen LogP contribution >= 0.6 is 0 Å². The van der Waals surface area contributed by atoms with E-state index in [9.17, 15) is 18.4 Å². The molecule has 0 unspecified atom stereocenters. The second-order valence-corrected chi connectivity index (χ2v) is 6.98. The van der Waals surface area contributed by atoms with Gasteiger partial charge in [0.1, 0.15) is 5.70 Å². The second kappa shape index (κ2) is 7.91. The fraction of sp³-hybridized carbons (Fsp3) is 0.0833. The van der Waals surface area contributed by atoms with Gasteiger partial charge >= 0.3 is 0 Å². The molecular weight excluding hydrogens is 386 g/mol. The molecule has 4 rings (SSSR count). The maximum absolute atomic E-state index is 13.8. The Bertz CT molecular complexity index is 1140. The molecule has 150 valence electrons. The van der Waals surface area contributed by atoms with Crippen molar-refractivity contribution in [3.8, 4) is 0 Å². The maximum atomic E-state index is 13.8. The van der Waals surface area contributed by atoms with E-state index >= 15 is 0 Å². The molecule has 1 aliphatic heterocycles. The monoisotopic (exact) mass is 404 g/mol. The number of anilines is 1. The van der Waals surface area contributed by atoms with Gasteiger partial charge in [-0.3, -0.25) is 9.59 Å². The van der Waals surface area contributed by atoms with Crippen LogP contribution in [0.3, 0.4) is 0 Å². The number of halogens is 2. The van der Waals surface area contributed by atoms with Crippen LogP contribution in [-0.2, 0) is 16.1 Å². The van der Waals surface area contributed by atoms with Gasteiger partial charge in [-0.05, 0) is 23.3 Å². The van der Waals surface area contributed by atoms with Gasteiger partial charge in [0.05, 0.1) is 11.3 Å². The maximum Gasteiger partial charge on any atom is 0.282 e. The molecular formula is C24H18F2N2O2. The van der Waals surface area contributed by atoms with Crippen LogP contribution in [0.1, 0.15) is 11.1 Å². The van der Waals surface area contributed by atoms with E-state index in [0.29, 0.717) is 12.1 Å². The van der Waals surface area contributed by atoms with E-state index < -0.39 is 23.4 Å². The Hall–Kier alpha value is -3.80. The predicted molar refractivity (Wildman–Crippen MR) is 110 cm³/mol. The lowest BCUT2D eigenvalue weighted by Gasteiger charge is -2.21. The number of benzene rings is 3. The second-order valence-electron chi connectivity index (χ2n) is 6.98. The Morgan fingerprint density at radius 3 is 2.07 bits per heavy atom. The van der Waals surface area contributed by atoms with E-state index in [4.69, 9.17) is 0 Å². The number of likely N-dealkylation sites (N-methyl/N-ethyl adjacent to an activating group) is 1. The van der Waals surface area contributed by atoms with Gasteiger partial charge in [-0.25, -0.2) is 13.7 Å². The zero-order chi connectivity index (χ0) is 21.3. The molecule has 0 spiro atoms. The van der Waals surface area contributed by atoms with Crippen LogP contribution in [0, 0.1) is 11.6 Å². The summed E-state index contributed by atoms with van der Waals surface area (Å²) in [4.78, 5) is 29.2. The van der Waals surface area contributed by atoms with Crippen molar-refractivity contribution in [1.82, 2.24) is 4.90 Å². The fourth-order valence-corrected chi connectivity index (χ4v) is 3.53. The molecule has 0 bridgehead atoms. The molecule has 0 radical (unpaired) electrons. The summed E-state index contributed by atoms with van der Waals surface area (Å²) in [6.07, 6.45) is 0. The Morgan fingerprint density at radius 2 is 1.43 bits per heavy atom. The highest BCUT2D eigenvalue weighted by molar-refractivity contribution is 6.45. The summed E-state index contributed by atoms with van der Waals surface area (Å²) in [5.74, 6) is -3.33. The van der Waals surface area contributed by atoms with E-state index in [1.165, 1.54) is 6.07 Å². The van der Waals surface area contributed by atoms with Crippen LogP contribution < -0.4 is 4.90 Å². The molecule has 0 saturated heterocycles. The Morgan fingerprint density at radius 1 is 0.800 bits per heavy atom. The Kier molecular flexibility index (Phi) is 5.14. The molecule has 1 heterocycles. The molecule has 3 aromatic rings. The molecule has 0 saturated carbocycles. The predicted octanol–water partition coefficient (Wildman–Crippen LogP) is 4.38. The zero-order valence-corrected chi connectivity index (χ0v) is 16.2. The largest absolute Gasteiger partial charge is 0.365 e. The van der Waals surface area contributed by atoms with E-state index in [0.717, 1.165) is 22.6 Å². The number of rotatable bonds is 5.